The highest BCUT2D eigenvalue weighted by atomic mass is 19.1. The van der Waals surface area contributed by atoms with Crippen molar-refractivity contribution in [2.45, 2.75) is 111 Å². The molecule has 5 N–H and O–H groups in total. The summed E-state index contributed by atoms with van der Waals surface area (Å²) in [4.78, 5) is 68.1. The summed E-state index contributed by atoms with van der Waals surface area (Å²) in [5.74, 6) is -4.15. The molecule has 5 amide bonds. The number of hydrogen-bond donors (Lipinski definition) is 5. The zero-order valence-electron chi connectivity index (χ0n) is 32.3. The normalized spacial score (nSPS) is 14.3. The summed E-state index contributed by atoms with van der Waals surface area (Å²) < 4.78 is 28.9. The van der Waals surface area contributed by atoms with Gasteiger partial charge in [0, 0.05) is 44.4 Å². The molecule has 15 heteroatoms. The molecule has 2 rings (SSSR count). The Balaban J connectivity index is 2.33. The summed E-state index contributed by atoms with van der Waals surface area (Å²) in [6, 6.07) is 1.34. The van der Waals surface area contributed by atoms with Crippen LogP contribution in [0.25, 0.3) is 0 Å². The van der Waals surface area contributed by atoms with Crippen LogP contribution in [0.4, 0.5) is 8.78 Å². The van der Waals surface area contributed by atoms with E-state index in [0.29, 0.717) is 17.7 Å². The lowest BCUT2D eigenvalue weighted by molar-refractivity contribution is -0.605. The second kappa shape index (κ2) is 20.5. The van der Waals surface area contributed by atoms with Crippen LogP contribution in [0, 0.1) is 28.2 Å². The van der Waals surface area contributed by atoms with E-state index in [-0.39, 0.29) is 48.8 Å². The number of hydrogen-bond acceptors (Lipinski definition) is 7. The number of halogens is 2. The molecule has 0 radical (unpaired) electrons. The molecule has 1 aromatic heterocycles. The SMILES string of the molecule is CCC[C@@H](C(=O)N[C@H](CN[C@@H](C)C(=O)N[C@H](C(=O)NCC)C(C)C)Cc1cc(F)cc(F)c1)N(C)C(=O)[C@H](CC(C)(C)C)NC(=O)c1cc[n+]([O-])cc1. The van der Waals surface area contributed by atoms with E-state index in [2.05, 4.69) is 26.6 Å². The number of nitrogens with one attached hydrogen (secondary N) is 5. The fourth-order valence-corrected chi connectivity index (χ4v) is 5.79. The van der Waals surface area contributed by atoms with Gasteiger partial charge < -0.3 is 36.7 Å². The van der Waals surface area contributed by atoms with Crippen LogP contribution in [-0.4, -0.2) is 84.8 Å². The molecule has 0 saturated carbocycles. The molecule has 2 aromatic rings. The average molecular weight is 746 g/mol. The number of amides is 5. The topological polar surface area (TPSA) is 176 Å². The van der Waals surface area contributed by atoms with E-state index in [9.17, 15) is 38.0 Å². The summed E-state index contributed by atoms with van der Waals surface area (Å²) in [6.45, 7) is 15.0. The van der Waals surface area contributed by atoms with Crippen LogP contribution >= 0.6 is 0 Å². The van der Waals surface area contributed by atoms with Gasteiger partial charge in [0.15, 0.2) is 12.4 Å². The van der Waals surface area contributed by atoms with Gasteiger partial charge in [-0.1, -0.05) is 48.0 Å². The van der Waals surface area contributed by atoms with Crippen molar-refractivity contribution in [3.63, 3.8) is 0 Å². The van der Waals surface area contributed by atoms with Gasteiger partial charge in [-0.05, 0) is 62.1 Å². The van der Waals surface area contributed by atoms with E-state index in [1.54, 1.807) is 13.8 Å². The highest BCUT2D eigenvalue weighted by molar-refractivity contribution is 5.98. The molecule has 294 valence electrons. The second-order valence-corrected chi connectivity index (χ2v) is 14.9. The molecule has 0 aliphatic rings. The Morgan fingerprint density at radius 2 is 1.49 bits per heavy atom. The Morgan fingerprint density at radius 3 is 2.02 bits per heavy atom. The Bertz CT molecular complexity index is 1530. The molecule has 0 unspecified atom stereocenters. The summed E-state index contributed by atoms with van der Waals surface area (Å²) in [5.41, 5.74) is 0.0432. The van der Waals surface area contributed by atoms with Crippen molar-refractivity contribution < 1.29 is 37.5 Å². The molecular formula is C38H57F2N7O6. The first-order chi connectivity index (χ1) is 24.8. The molecule has 1 aromatic carbocycles. The average Bonchev–Trinajstić information content (AvgIpc) is 3.06. The van der Waals surface area contributed by atoms with Crippen LogP contribution < -0.4 is 31.3 Å². The van der Waals surface area contributed by atoms with Gasteiger partial charge in [-0.2, -0.15) is 4.73 Å². The van der Waals surface area contributed by atoms with Crippen molar-refractivity contribution in [2.24, 2.45) is 11.3 Å². The zero-order valence-corrected chi connectivity index (χ0v) is 32.3. The fourth-order valence-electron chi connectivity index (χ4n) is 5.79. The van der Waals surface area contributed by atoms with Gasteiger partial charge in [-0.15, -0.1) is 0 Å². The second-order valence-electron chi connectivity index (χ2n) is 14.9. The van der Waals surface area contributed by atoms with Crippen molar-refractivity contribution >= 4 is 29.5 Å². The van der Waals surface area contributed by atoms with Crippen LogP contribution in [0.3, 0.4) is 0 Å². The minimum Gasteiger partial charge on any atom is -0.619 e. The van der Waals surface area contributed by atoms with Crippen LogP contribution in [0.2, 0.25) is 0 Å². The van der Waals surface area contributed by atoms with E-state index in [1.165, 1.54) is 36.5 Å². The van der Waals surface area contributed by atoms with Gasteiger partial charge >= 0.3 is 0 Å². The minimum absolute atomic E-state index is 0.00832. The first kappa shape index (κ1) is 44.5. The molecule has 0 spiro atoms. The van der Waals surface area contributed by atoms with Crippen molar-refractivity contribution in [1.82, 2.24) is 31.5 Å². The van der Waals surface area contributed by atoms with Crippen LogP contribution in [0.15, 0.2) is 42.7 Å². The third-order valence-corrected chi connectivity index (χ3v) is 8.58. The molecule has 13 nitrogen and oxygen atoms in total. The molecule has 1 heterocycles. The highest BCUT2D eigenvalue weighted by Gasteiger charge is 2.35. The summed E-state index contributed by atoms with van der Waals surface area (Å²) >= 11 is 0. The van der Waals surface area contributed by atoms with E-state index in [1.807, 2.05) is 41.5 Å². The number of aromatic nitrogens is 1. The molecular weight excluding hydrogens is 688 g/mol. The largest absolute Gasteiger partial charge is 0.619 e. The Labute approximate surface area is 311 Å². The highest BCUT2D eigenvalue weighted by Crippen LogP contribution is 2.23. The predicted octanol–water partition coefficient (Wildman–Crippen LogP) is 2.74. The number of benzene rings is 1. The lowest BCUT2D eigenvalue weighted by Gasteiger charge is -2.34. The van der Waals surface area contributed by atoms with Crippen molar-refractivity contribution in [3.05, 3.63) is 70.7 Å². The van der Waals surface area contributed by atoms with Gasteiger partial charge in [0.1, 0.15) is 29.8 Å². The molecule has 0 saturated heterocycles. The van der Waals surface area contributed by atoms with Crippen molar-refractivity contribution in [1.29, 1.82) is 0 Å². The van der Waals surface area contributed by atoms with E-state index < -0.39 is 70.9 Å². The first-order valence-electron chi connectivity index (χ1n) is 18.1. The standard InChI is InChI=1S/C38H57F2N7O6/c1-10-12-31(46(9)37(52)30(21-38(6,7)8)44-34(49)26-13-15-47(53)16-14-26)35(50)43-29(19-25-17-27(39)20-28(40)18-25)22-42-24(5)33(48)45-32(23(3)4)36(51)41-11-2/h13-18,20,23-24,29-32,42H,10-12,19,21-22H2,1-9H3,(H,41,51)(H,43,50)(H,44,49)(H,45,48)/t24-,29-,30-,31-,32-/m0/s1. The number of nitrogens with zero attached hydrogens (tertiary/aromatic N) is 2. The summed E-state index contributed by atoms with van der Waals surface area (Å²) in [5, 5.41) is 25.7. The maximum Gasteiger partial charge on any atom is 0.252 e. The minimum atomic E-state index is -1.01. The summed E-state index contributed by atoms with van der Waals surface area (Å²) in [6.07, 6.45) is 3.35. The Hall–Kier alpha value is -4.66. The smallest absolute Gasteiger partial charge is 0.252 e. The number of carbonyl (C=O) groups excluding carboxylic acids is 5. The van der Waals surface area contributed by atoms with Gasteiger partial charge in [0.05, 0.1) is 11.6 Å². The van der Waals surface area contributed by atoms with Gasteiger partial charge in [0.25, 0.3) is 5.91 Å². The molecule has 0 aliphatic heterocycles. The third kappa shape index (κ3) is 14.7. The zero-order chi connectivity index (χ0) is 40.0. The molecule has 0 fully saturated rings. The van der Waals surface area contributed by atoms with Crippen molar-refractivity contribution in [3.8, 4) is 0 Å². The molecule has 0 bridgehead atoms. The number of carbonyl (C=O) groups is 5. The van der Waals surface area contributed by atoms with Crippen LogP contribution in [-0.2, 0) is 25.6 Å². The van der Waals surface area contributed by atoms with E-state index in [0.717, 1.165) is 18.2 Å². The molecule has 0 aliphatic carbocycles. The van der Waals surface area contributed by atoms with Crippen molar-refractivity contribution in [2.75, 3.05) is 20.1 Å². The number of likely N-dealkylation sites (N-methyl/N-ethyl adjacent to an activating group) is 2. The summed E-state index contributed by atoms with van der Waals surface area (Å²) in [7, 11) is 1.48. The van der Waals surface area contributed by atoms with E-state index >= 15 is 0 Å². The molecule has 53 heavy (non-hydrogen) atoms. The Morgan fingerprint density at radius 1 is 0.887 bits per heavy atom. The monoisotopic (exact) mass is 745 g/mol. The van der Waals surface area contributed by atoms with Gasteiger partial charge in [-0.25, -0.2) is 8.78 Å². The van der Waals surface area contributed by atoms with Gasteiger partial charge in [0.2, 0.25) is 23.6 Å². The van der Waals surface area contributed by atoms with Crippen LogP contribution in [0.1, 0.15) is 90.6 Å². The Kier molecular flexibility index (Phi) is 17.3. The maximum atomic E-state index is 14.2. The van der Waals surface area contributed by atoms with Gasteiger partial charge in [-0.3, -0.25) is 24.0 Å². The quantitative estimate of drug-likeness (QED) is 0.109. The number of pyridine rings is 1. The lowest BCUT2D eigenvalue weighted by Crippen LogP contribution is -2.58. The first-order valence-corrected chi connectivity index (χ1v) is 18.1. The number of rotatable bonds is 19. The third-order valence-electron chi connectivity index (χ3n) is 8.58. The predicted molar refractivity (Wildman–Crippen MR) is 197 cm³/mol. The van der Waals surface area contributed by atoms with Crippen LogP contribution in [0.5, 0.6) is 0 Å². The fraction of sp³-hybridized carbons (Fsp3) is 0.579. The van der Waals surface area contributed by atoms with E-state index in [4.69, 9.17) is 0 Å². The maximum absolute atomic E-state index is 14.2. The molecule has 5 atom stereocenters. The lowest BCUT2D eigenvalue weighted by atomic mass is 9.87.